The van der Waals surface area contributed by atoms with Gasteiger partial charge in [0, 0.05) is 0 Å². The van der Waals surface area contributed by atoms with Crippen molar-refractivity contribution in [3.05, 3.63) is 42.5 Å². The molecule has 1 heterocycles. The zero-order chi connectivity index (χ0) is 16.3. The third-order valence-corrected chi connectivity index (χ3v) is 4.62. The zero-order valence-electron chi connectivity index (χ0n) is 13.8. The first-order valence-electron chi connectivity index (χ1n) is 8.13. The van der Waals surface area contributed by atoms with E-state index < -0.39 is 5.54 Å². The fourth-order valence-corrected chi connectivity index (χ4v) is 3.09. The van der Waals surface area contributed by atoms with Crippen LogP contribution in [-0.2, 0) is 4.79 Å². The Bertz CT molecular complexity index is 650. The number of nitrogens with zero attached hydrogens (tertiary/aromatic N) is 3. The average Bonchev–Trinajstić information content (AvgIpc) is 3.10. The molecule has 7 heteroatoms. The van der Waals surface area contributed by atoms with Crippen molar-refractivity contribution in [3.8, 4) is 5.69 Å². The van der Waals surface area contributed by atoms with Crippen LogP contribution in [0.5, 0.6) is 0 Å². The fourth-order valence-electron chi connectivity index (χ4n) is 3.09. The van der Waals surface area contributed by atoms with Crippen molar-refractivity contribution in [3.63, 3.8) is 0 Å². The topological polar surface area (TPSA) is 85.8 Å². The first kappa shape index (κ1) is 18.4. The molecule has 0 radical (unpaired) electrons. The van der Waals surface area contributed by atoms with E-state index in [2.05, 4.69) is 15.4 Å². The number of nitrogens with two attached hydrogens (primary N) is 1. The Balaban J connectivity index is 0.00000208. The van der Waals surface area contributed by atoms with E-state index in [4.69, 9.17) is 5.73 Å². The highest BCUT2D eigenvalue weighted by atomic mass is 35.5. The minimum absolute atomic E-state index is 0. The van der Waals surface area contributed by atoms with Crippen molar-refractivity contribution in [2.75, 3.05) is 0 Å². The van der Waals surface area contributed by atoms with E-state index in [-0.39, 0.29) is 24.4 Å². The molecule has 1 aromatic carbocycles. The molecule has 1 aliphatic rings. The van der Waals surface area contributed by atoms with Gasteiger partial charge >= 0.3 is 0 Å². The number of aromatic nitrogens is 3. The van der Waals surface area contributed by atoms with Crippen LogP contribution in [0.3, 0.4) is 0 Å². The summed E-state index contributed by atoms with van der Waals surface area (Å²) in [5.41, 5.74) is 7.57. The van der Waals surface area contributed by atoms with Crippen molar-refractivity contribution in [1.29, 1.82) is 0 Å². The van der Waals surface area contributed by atoms with Crippen molar-refractivity contribution >= 4 is 18.3 Å². The largest absolute Gasteiger partial charge is 0.348 e. The Hall–Kier alpha value is -1.92. The third-order valence-electron chi connectivity index (χ3n) is 4.62. The molecule has 6 nitrogen and oxygen atoms in total. The second-order valence-corrected chi connectivity index (χ2v) is 6.34. The van der Waals surface area contributed by atoms with Crippen LogP contribution in [0, 0.1) is 0 Å². The summed E-state index contributed by atoms with van der Waals surface area (Å²) in [4.78, 5) is 16.4. The van der Waals surface area contributed by atoms with Gasteiger partial charge in [0.1, 0.15) is 12.7 Å². The summed E-state index contributed by atoms with van der Waals surface area (Å²) < 4.78 is 1.70. The molecule has 2 aromatic rings. The summed E-state index contributed by atoms with van der Waals surface area (Å²) in [6, 6.07) is 7.84. The van der Waals surface area contributed by atoms with Gasteiger partial charge in [-0.3, -0.25) is 4.79 Å². The average molecular weight is 350 g/mol. The van der Waals surface area contributed by atoms with E-state index in [1.165, 1.54) is 12.7 Å². The SMILES string of the molecule is CC(NC(=O)C1(N)CCCCC1)c1ccc(-n2cncn2)cc1.Cl. The summed E-state index contributed by atoms with van der Waals surface area (Å²) in [6.07, 6.45) is 7.94. The molecule has 0 aliphatic heterocycles. The highest BCUT2D eigenvalue weighted by Crippen LogP contribution is 2.27. The molecule has 1 aliphatic carbocycles. The molecular formula is C17H24ClN5O. The first-order chi connectivity index (χ1) is 11.1. The van der Waals surface area contributed by atoms with Crippen molar-refractivity contribution in [2.24, 2.45) is 5.73 Å². The molecule has 3 N–H and O–H groups in total. The number of benzene rings is 1. The van der Waals surface area contributed by atoms with E-state index in [1.807, 2.05) is 31.2 Å². The summed E-state index contributed by atoms with van der Waals surface area (Å²) in [5, 5.41) is 7.16. The van der Waals surface area contributed by atoms with Gasteiger partial charge in [-0.1, -0.05) is 31.4 Å². The number of halogens is 1. The van der Waals surface area contributed by atoms with Gasteiger partial charge in [0.05, 0.1) is 17.3 Å². The van der Waals surface area contributed by atoms with Crippen molar-refractivity contribution in [2.45, 2.75) is 50.6 Å². The number of hydrogen-bond donors (Lipinski definition) is 2. The second-order valence-electron chi connectivity index (χ2n) is 6.34. The van der Waals surface area contributed by atoms with Crippen molar-refractivity contribution < 1.29 is 4.79 Å². The van der Waals surface area contributed by atoms with E-state index in [1.54, 1.807) is 11.0 Å². The lowest BCUT2D eigenvalue weighted by Crippen LogP contribution is -2.55. The number of amides is 1. The normalized spacial score (nSPS) is 17.6. The maximum Gasteiger partial charge on any atom is 0.240 e. The van der Waals surface area contributed by atoms with Crippen LogP contribution in [-0.4, -0.2) is 26.2 Å². The van der Waals surface area contributed by atoms with Crippen LogP contribution >= 0.6 is 12.4 Å². The fraction of sp³-hybridized carbons (Fsp3) is 0.471. The number of carbonyl (C=O) groups excluding carboxylic acids is 1. The lowest BCUT2D eigenvalue weighted by Gasteiger charge is -2.33. The molecule has 130 valence electrons. The Kier molecular flexibility index (Phi) is 5.96. The Morgan fingerprint density at radius 3 is 2.50 bits per heavy atom. The van der Waals surface area contributed by atoms with Gasteiger partial charge in [0.25, 0.3) is 0 Å². The smallest absolute Gasteiger partial charge is 0.240 e. The lowest BCUT2D eigenvalue weighted by atomic mass is 9.81. The molecule has 1 fully saturated rings. The van der Waals surface area contributed by atoms with Gasteiger partial charge in [0.2, 0.25) is 5.91 Å². The minimum atomic E-state index is -0.701. The Labute approximate surface area is 148 Å². The van der Waals surface area contributed by atoms with Gasteiger partial charge < -0.3 is 11.1 Å². The Morgan fingerprint density at radius 1 is 1.25 bits per heavy atom. The molecule has 0 spiro atoms. The van der Waals surface area contributed by atoms with E-state index >= 15 is 0 Å². The van der Waals surface area contributed by atoms with Crippen LogP contribution < -0.4 is 11.1 Å². The molecule has 1 saturated carbocycles. The minimum Gasteiger partial charge on any atom is -0.348 e. The monoisotopic (exact) mass is 349 g/mol. The van der Waals surface area contributed by atoms with Crippen LogP contribution in [0.15, 0.2) is 36.9 Å². The van der Waals surface area contributed by atoms with Gasteiger partial charge in [-0.25, -0.2) is 9.67 Å². The second kappa shape index (κ2) is 7.77. The summed E-state index contributed by atoms with van der Waals surface area (Å²) in [6.45, 7) is 1.98. The summed E-state index contributed by atoms with van der Waals surface area (Å²) in [7, 11) is 0. The van der Waals surface area contributed by atoms with E-state index in [9.17, 15) is 4.79 Å². The molecule has 1 unspecified atom stereocenters. The molecule has 1 atom stereocenters. The van der Waals surface area contributed by atoms with E-state index in [0.29, 0.717) is 0 Å². The standard InChI is InChI=1S/C17H23N5O.ClH/c1-13(21-16(23)17(18)9-3-2-4-10-17)14-5-7-15(8-6-14)22-12-19-11-20-22;/h5-8,11-13H,2-4,9-10,18H2,1H3,(H,21,23);1H. The highest BCUT2D eigenvalue weighted by molar-refractivity contribution is 5.86. The molecule has 1 amide bonds. The quantitative estimate of drug-likeness (QED) is 0.888. The summed E-state index contributed by atoms with van der Waals surface area (Å²) in [5.74, 6) is -0.0370. The van der Waals surface area contributed by atoms with Crippen LogP contribution in [0.1, 0.15) is 50.6 Å². The molecule has 1 aromatic heterocycles. The highest BCUT2D eigenvalue weighted by Gasteiger charge is 2.35. The van der Waals surface area contributed by atoms with Crippen molar-refractivity contribution in [1.82, 2.24) is 20.1 Å². The molecule has 24 heavy (non-hydrogen) atoms. The van der Waals surface area contributed by atoms with Gasteiger partial charge in [0.15, 0.2) is 0 Å². The van der Waals surface area contributed by atoms with Crippen LogP contribution in [0.2, 0.25) is 0 Å². The number of hydrogen-bond acceptors (Lipinski definition) is 4. The van der Waals surface area contributed by atoms with Crippen LogP contribution in [0.25, 0.3) is 5.69 Å². The maximum absolute atomic E-state index is 12.5. The molecule has 3 rings (SSSR count). The Morgan fingerprint density at radius 2 is 1.92 bits per heavy atom. The molecule has 0 bridgehead atoms. The van der Waals surface area contributed by atoms with Gasteiger partial charge in [-0.05, 0) is 37.5 Å². The molecule has 0 saturated heterocycles. The number of nitrogens with one attached hydrogen (secondary N) is 1. The number of rotatable bonds is 4. The third kappa shape index (κ3) is 3.94. The maximum atomic E-state index is 12.5. The van der Waals surface area contributed by atoms with Gasteiger partial charge in [-0.2, -0.15) is 5.10 Å². The van der Waals surface area contributed by atoms with Gasteiger partial charge in [-0.15, -0.1) is 12.4 Å². The summed E-state index contributed by atoms with van der Waals surface area (Å²) >= 11 is 0. The first-order valence-corrected chi connectivity index (χ1v) is 8.13. The molecular weight excluding hydrogens is 326 g/mol. The zero-order valence-corrected chi connectivity index (χ0v) is 14.6. The predicted molar refractivity (Wildman–Crippen MR) is 95.2 cm³/mol. The lowest BCUT2D eigenvalue weighted by molar-refractivity contribution is -0.128. The number of carbonyl (C=O) groups is 1. The van der Waals surface area contributed by atoms with E-state index in [0.717, 1.165) is 36.9 Å². The van der Waals surface area contributed by atoms with Crippen LogP contribution in [0.4, 0.5) is 0 Å². The predicted octanol–water partition coefficient (Wildman–Crippen LogP) is 2.53.